The predicted octanol–water partition coefficient (Wildman–Crippen LogP) is 3.10. The summed E-state index contributed by atoms with van der Waals surface area (Å²) in [6.45, 7) is 0. The van der Waals surface area contributed by atoms with Crippen molar-refractivity contribution in [3.05, 3.63) is 63.8 Å². The maximum Gasteiger partial charge on any atom is 0.400 e. The van der Waals surface area contributed by atoms with E-state index in [1.165, 1.54) is 18.4 Å². The largest absolute Gasteiger partial charge is 0.457 e. The molecule has 0 aliphatic carbocycles. The predicted molar refractivity (Wildman–Crippen MR) is 92.4 cm³/mol. The van der Waals surface area contributed by atoms with E-state index in [4.69, 9.17) is 26.6 Å². The molecule has 3 aromatic rings. The van der Waals surface area contributed by atoms with Crippen molar-refractivity contribution >= 4 is 40.5 Å². The van der Waals surface area contributed by atoms with Crippen LogP contribution in [-0.2, 0) is 9.63 Å². The van der Waals surface area contributed by atoms with Gasteiger partial charge in [-0.25, -0.2) is 9.78 Å². The van der Waals surface area contributed by atoms with Gasteiger partial charge in [0, 0.05) is 16.0 Å². The minimum Gasteiger partial charge on any atom is -0.457 e. The number of hydrogen-bond acceptors (Lipinski definition) is 7. The summed E-state index contributed by atoms with van der Waals surface area (Å²) in [4.78, 5) is 32.3. The van der Waals surface area contributed by atoms with Gasteiger partial charge in [-0.05, 0) is 24.3 Å². The second kappa shape index (κ2) is 7.29. The van der Waals surface area contributed by atoms with E-state index >= 15 is 0 Å². The van der Waals surface area contributed by atoms with Crippen molar-refractivity contribution in [2.24, 2.45) is 10.9 Å². The van der Waals surface area contributed by atoms with Crippen molar-refractivity contribution in [1.82, 2.24) is 4.98 Å². The summed E-state index contributed by atoms with van der Waals surface area (Å²) in [5.41, 5.74) is 6.47. The zero-order valence-electron chi connectivity index (χ0n) is 12.5. The minimum absolute atomic E-state index is 0.0476. The molecule has 0 aliphatic rings. The van der Waals surface area contributed by atoms with Gasteiger partial charge in [0.15, 0.2) is 5.01 Å². The van der Waals surface area contributed by atoms with Crippen molar-refractivity contribution in [3.8, 4) is 11.3 Å². The first-order valence-corrected chi connectivity index (χ1v) is 8.15. The third-order valence-electron chi connectivity index (χ3n) is 3.02. The Morgan fingerprint density at radius 1 is 1.24 bits per heavy atom. The van der Waals surface area contributed by atoms with Crippen molar-refractivity contribution in [3.63, 3.8) is 0 Å². The van der Waals surface area contributed by atoms with Crippen LogP contribution in [0, 0.1) is 0 Å². The van der Waals surface area contributed by atoms with Crippen molar-refractivity contribution in [2.45, 2.75) is 0 Å². The molecule has 0 saturated heterocycles. The van der Waals surface area contributed by atoms with Crippen LogP contribution >= 0.6 is 22.9 Å². The van der Waals surface area contributed by atoms with Crippen molar-refractivity contribution in [1.29, 1.82) is 0 Å². The molecule has 2 N–H and O–H groups in total. The molecule has 1 aromatic carbocycles. The first kappa shape index (κ1) is 16.9. The lowest BCUT2D eigenvalue weighted by atomic mass is 10.2. The van der Waals surface area contributed by atoms with E-state index in [1.54, 1.807) is 29.6 Å². The van der Waals surface area contributed by atoms with Gasteiger partial charge in [0.2, 0.25) is 11.5 Å². The lowest BCUT2D eigenvalue weighted by molar-refractivity contribution is -0.112. The Hall–Kier alpha value is -2.97. The number of primary amides is 1. The maximum atomic E-state index is 11.7. The highest BCUT2D eigenvalue weighted by atomic mass is 35.5. The van der Waals surface area contributed by atoms with Crippen LogP contribution in [-0.4, -0.2) is 22.6 Å². The standard InChI is InChI=1S/C16H10ClN3O4S/c17-10-5-3-9(4-6-10)11-8-25-15(19-11)13(14(18)21)20-24-16(22)12-2-1-7-23-12/h1-8H,(H2,18,21)/b20-13+. The maximum absolute atomic E-state index is 11.7. The fourth-order valence-electron chi connectivity index (χ4n) is 1.85. The van der Waals surface area contributed by atoms with Crippen LogP contribution in [0.15, 0.2) is 57.6 Å². The molecule has 0 atom stereocenters. The monoisotopic (exact) mass is 375 g/mol. The number of carbonyl (C=O) groups is 2. The third-order valence-corrected chi connectivity index (χ3v) is 4.12. The fraction of sp³-hybridized carbons (Fsp3) is 0. The summed E-state index contributed by atoms with van der Waals surface area (Å²) in [7, 11) is 0. The van der Waals surface area contributed by atoms with Gasteiger partial charge in [0.25, 0.3) is 5.91 Å². The molecular formula is C16H10ClN3O4S. The average Bonchev–Trinajstić information content (AvgIpc) is 3.27. The second-order valence-electron chi connectivity index (χ2n) is 4.70. The van der Waals surface area contributed by atoms with Gasteiger partial charge in [0.1, 0.15) is 0 Å². The number of hydrogen-bond donors (Lipinski definition) is 1. The summed E-state index contributed by atoms with van der Waals surface area (Å²) in [5.74, 6) is -1.77. The number of nitrogens with two attached hydrogens (primary N) is 1. The Labute approximate surface area is 150 Å². The highest BCUT2D eigenvalue weighted by Gasteiger charge is 2.19. The Morgan fingerprint density at radius 2 is 2.00 bits per heavy atom. The Balaban J connectivity index is 1.84. The van der Waals surface area contributed by atoms with Gasteiger partial charge >= 0.3 is 5.97 Å². The average molecular weight is 376 g/mol. The molecule has 0 spiro atoms. The van der Waals surface area contributed by atoms with Gasteiger partial charge in [-0.2, -0.15) is 0 Å². The summed E-state index contributed by atoms with van der Waals surface area (Å²) in [5, 5.41) is 6.08. The molecule has 0 aliphatic heterocycles. The highest BCUT2D eigenvalue weighted by Crippen LogP contribution is 2.24. The van der Waals surface area contributed by atoms with Crippen LogP contribution in [0.4, 0.5) is 0 Å². The van der Waals surface area contributed by atoms with E-state index in [0.717, 1.165) is 16.9 Å². The molecule has 0 unspecified atom stereocenters. The minimum atomic E-state index is -0.871. The van der Waals surface area contributed by atoms with E-state index in [9.17, 15) is 9.59 Å². The molecule has 1 amide bonds. The van der Waals surface area contributed by atoms with Gasteiger partial charge in [0.05, 0.1) is 12.0 Å². The zero-order valence-corrected chi connectivity index (χ0v) is 14.1. The Morgan fingerprint density at radius 3 is 2.64 bits per heavy atom. The highest BCUT2D eigenvalue weighted by molar-refractivity contribution is 7.13. The lowest BCUT2D eigenvalue weighted by Crippen LogP contribution is -2.25. The van der Waals surface area contributed by atoms with E-state index in [-0.39, 0.29) is 16.5 Å². The van der Waals surface area contributed by atoms with E-state index in [0.29, 0.717) is 10.7 Å². The molecule has 2 heterocycles. The number of carbonyl (C=O) groups excluding carboxylic acids is 2. The second-order valence-corrected chi connectivity index (χ2v) is 6.00. The van der Waals surface area contributed by atoms with Crippen LogP contribution in [0.2, 0.25) is 5.02 Å². The van der Waals surface area contributed by atoms with Crippen molar-refractivity contribution < 1.29 is 18.8 Å². The Bertz CT molecular complexity index is 933. The van der Waals surface area contributed by atoms with Crippen LogP contribution in [0.25, 0.3) is 11.3 Å². The van der Waals surface area contributed by atoms with Crippen LogP contribution in [0.3, 0.4) is 0 Å². The van der Waals surface area contributed by atoms with Crippen LogP contribution in [0.1, 0.15) is 15.6 Å². The number of halogens is 1. The molecule has 0 fully saturated rings. The van der Waals surface area contributed by atoms with Crippen molar-refractivity contribution in [2.75, 3.05) is 0 Å². The number of aromatic nitrogens is 1. The molecule has 126 valence electrons. The fourth-order valence-corrected chi connectivity index (χ4v) is 2.79. The van der Waals surface area contributed by atoms with E-state index < -0.39 is 11.9 Å². The molecule has 25 heavy (non-hydrogen) atoms. The zero-order chi connectivity index (χ0) is 17.8. The Kier molecular flexibility index (Phi) is 4.92. The number of thiazole rings is 1. The van der Waals surface area contributed by atoms with Crippen LogP contribution < -0.4 is 5.73 Å². The van der Waals surface area contributed by atoms with Gasteiger partial charge in [-0.1, -0.05) is 28.9 Å². The molecule has 7 nitrogen and oxygen atoms in total. The summed E-state index contributed by atoms with van der Waals surface area (Å²) in [6.07, 6.45) is 1.31. The van der Waals surface area contributed by atoms with Gasteiger partial charge in [-0.3, -0.25) is 4.79 Å². The summed E-state index contributed by atoms with van der Waals surface area (Å²) >= 11 is 7.00. The number of oxime groups is 1. The molecular weight excluding hydrogens is 366 g/mol. The number of nitrogens with zero attached hydrogens (tertiary/aromatic N) is 2. The molecule has 3 rings (SSSR count). The molecule has 2 aromatic heterocycles. The van der Waals surface area contributed by atoms with E-state index in [2.05, 4.69) is 10.1 Å². The first-order chi connectivity index (χ1) is 12.0. The number of rotatable bonds is 5. The quantitative estimate of drug-likeness (QED) is 0.418. The number of furan rings is 1. The van der Waals surface area contributed by atoms with Gasteiger partial charge < -0.3 is 15.0 Å². The number of amides is 1. The normalized spacial score (nSPS) is 11.3. The summed E-state index contributed by atoms with van der Waals surface area (Å²) in [6, 6.07) is 9.96. The smallest absolute Gasteiger partial charge is 0.400 e. The van der Waals surface area contributed by atoms with Crippen LogP contribution in [0.5, 0.6) is 0 Å². The first-order valence-electron chi connectivity index (χ1n) is 6.89. The molecule has 0 saturated carbocycles. The van der Waals surface area contributed by atoms with E-state index in [1.807, 2.05) is 0 Å². The molecule has 0 bridgehead atoms. The SMILES string of the molecule is NC(=O)/C(=N\OC(=O)c1ccco1)c1nc(-c2ccc(Cl)cc2)cs1. The summed E-state index contributed by atoms with van der Waals surface area (Å²) < 4.78 is 4.88. The third kappa shape index (κ3) is 3.93. The number of benzene rings is 1. The molecule has 0 radical (unpaired) electrons. The van der Waals surface area contributed by atoms with Gasteiger partial charge in [-0.15, -0.1) is 11.3 Å². The lowest BCUT2D eigenvalue weighted by Gasteiger charge is -1.99. The topological polar surface area (TPSA) is 108 Å². The molecule has 9 heteroatoms.